The van der Waals surface area contributed by atoms with E-state index in [9.17, 15) is 0 Å². The number of H-pyrrole nitrogens is 1. The molecule has 0 amide bonds. The lowest BCUT2D eigenvalue weighted by Crippen LogP contribution is -2.43. The number of aromatic nitrogens is 3. The largest absolute Gasteiger partial charge is 0.310 e. The summed E-state index contributed by atoms with van der Waals surface area (Å²) in [6.07, 6.45) is 6.23. The van der Waals surface area contributed by atoms with E-state index in [1.165, 1.54) is 19.3 Å². The highest BCUT2D eigenvalue weighted by Crippen LogP contribution is 2.42. The van der Waals surface area contributed by atoms with E-state index in [0.717, 1.165) is 30.0 Å². The Labute approximate surface area is 123 Å². The average molecular weight is 288 g/mol. The Bertz CT molecular complexity index is 543. The maximum atomic E-state index is 4.28. The number of thioether (sulfide) groups is 1. The molecule has 3 rings (SSSR count). The molecule has 1 fully saturated rings. The smallest absolute Gasteiger partial charge is 0.117 e. The van der Waals surface area contributed by atoms with Gasteiger partial charge >= 0.3 is 0 Å². The van der Waals surface area contributed by atoms with Crippen molar-refractivity contribution in [3.8, 4) is 11.3 Å². The fourth-order valence-corrected chi connectivity index (χ4v) is 3.58. The lowest BCUT2D eigenvalue weighted by molar-refractivity contribution is 0.345. The number of nitrogens with one attached hydrogen (secondary N) is 2. The summed E-state index contributed by atoms with van der Waals surface area (Å²) in [6, 6.07) is 10.2. The first-order valence-corrected chi connectivity index (χ1v) is 8.26. The Morgan fingerprint density at radius 3 is 2.70 bits per heavy atom. The van der Waals surface area contributed by atoms with Gasteiger partial charge in [-0.05, 0) is 19.1 Å². The fraction of sp³-hybridized carbons (Fsp3) is 0.467. The second kappa shape index (κ2) is 5.97. The van der Waals surface area contributed by atoms with Crippen molar-refractivity contribution in [2.75, 3.05) is 12.8 Å². The first-order chi connectivity index (χ1) is 9.83. The Morgan fingerprint density at radius 2 is 2.05 bits per heavy atom. The highest BCUT2D eigenvalue weighted by molar-refractivity contribution is 8.00. The van der Waals surface area contributed by atoms with E-state index in [2.05, 4.69) is 39.1 Å². The molecule has 0 unspecified atom stereocenters. The van der Waals surface area contributed by atoms with Crippen LogP contribution >= 0.6 is 11.8 Å². The standard InChI is InChI=1S/C15H20N4S/c1-20-15(8-5-9-15)11-16-10-13-14(18-19-17-13)12-6-3-2-4-7-12/h2-4,6-7,16H,5,8-11H2,1H3,(H,17,18,19). The van der Waals surface area contributed by atoms with Gasteiger partial charge in [0.25, 0.3) is 0 Å². The summed E-state index contributed by atoms with van der Waals surface area (Å²) in [5.41, 5.74) is 3.05. The van der Waals surface area contributed by atoms with Gasteiger partial charge in [0.05, 0.1) is 0 Å². The molecule has 2 N–H and O–H groups in total. The number of benzene rings is 1. The second-order valence-electron chi connectivity index (χ2n) is 5.33. The molecule has 1 heterocycles. The van der Waals surface area contributed by atoms with Crippen LogP contribution in [0.1, 0.15) is 25.0 Å². The fourth-order valence-electron chi connectivity index (χ4n) is 2.64. The highest BCUT2D eigenvalue weighted by Gasteiger charge is 2.35. The first kappa shape index (κ1) is 13.6. The molecule has 5 heteroatoms. The number of hydrogen-bond donors (Lipinski definition) is 2. The molecule has 20 heavy (non-hydrogen) atoms. The number of aromatic amines is 1. The topological polar surface area (TPSA) is 53.6 Å². The van der Waals surface area contributed by atoms with Gasteiger partial charge in [-0.3, -0.25) is 0 Å². The van der Waals surface area contributed by atoms with E-state index in [0.29, 0.717) is 4.75 Å². The zero-order valence-electron chi connectivity index (χ0n) is 11.7. The van der Waals surface area contributed by atoms with Crippen LogP contribution in [0.4, 0.5) is 0 Å². The Hall–Kier alpha value is -1.33. The third-order valence-electron chi connectivity index (χ3n) is 4.10. The minimum absolute atomic E-state index is 0.455. The van der Waals surface area contributed by atoms with Gasteiger partial charge in [0.2, 0.25) is 0 Å². The zero-order valence-corrected chi connectivity index (χ0v) is 12.5. The molecule has 0 aliphatic heterocycles. The van der Waals surface area contributed by atoms with Crippen LogP contribution in [0.25, 0.3) is 11.3 Å². The average Bonchev–Trinajstić information content (AvgIpc) is 2.91. The number of hydrogen-bond acceptors (Lipinski definition) is 4. The molecule has 0 spiro atoms. The van der Waals surface area contributed by atoms with Crippen LogP contribution < -0.4 is 5.32 Å². The molecule has 106 valence electrons. The Balaban J connectivity index is 1.63. The van der Waals surface area contributed by atoms with Crippen molar-refractivity contribution < 1.29 is 0 Å². The summed E-state index contributed by atoms with van der Waals surface area (Å²) < 4.78 is 0.455. The molecule has 0 atom stereocenters. The first-order valence-electron chi connectivity index (χ1n) is 7.04. The lowest BCUT2D eigenvalue weighted by atomic mass is 9.84. The molecule has 1 aromatic carbocycles. The van der Waals surface area contributed by atoms with E-state index in [-0.39, 0.29) is 0 Å². The van der Waals surface area contributed by atoms with Gasteiger partial charge in [0, 0.05) is 23.4 Å². The van der Waals surface area contributed by atoms with Gasteiger partial charge in [0.1, 0.15) is 11.4 Å². The van der Waals surface area contributed by atoms with Crippen molar-refractivity contribution in [2.24, 2.45) is 0 Å². The second-order valence-corrected chi connectivity index (χ2v) is 6.60. The minimum Gasteiger partial charge on any atom is -0.310 e. The predicted molar refractivity (Wildman–Crippen MR) is 83.6 cm³/mol. The van der Waals surface area contributed by atoms with Gasteiger partial charge < -0.3 is 5.32 Å². The van der Waals surface area contributed by atoms with Crippen molar-refractivity contribution in [1.82, 2.24) is 20.7 Å². The van der Waals surface area contributed by atoms with E-state index in [4.69, 9.17) is 0 Å². The van der Waals surface area contributed by atoms with Crippen LogP contribution in [0.5, 0.6) is 0 Å². The van der Waals surface area contributed by atoms with Gasteiger partial charge in [-0.25, -0.2) is 0 Å². The SMILES string of the molecule is CSC1(CNCc2n[nH]nc2-c2ccccc2)CCC1. The molecule has 0 saturated heterocycles. The quantitative estimate of drug-likeness (QED) is 0.858. The summed E-state index contributed by atoms with van der Waals surface area (Å²) in [7, 11) is 0. The maximum Gasteiger partial charge on any atom is 0.117 e. The Kier molecular flexibility index (Phi) is 4.08. The van der Waals surface area contributed by atoms with Crippen LogP contribution in [-0.4, -0.2) is 33.0 Å². The molecular formula is C15H20N4S. The van der Waals surface area contributed by atoms with Gasteiger partial charge in [0.15, 0.2) is 0 Å². The van der Waals surface area contributed by atoms with Crippen LogP contribution in [0.2, 0.25) is 0 Å². The van der Waals surface area contributed by atoms with Crippen molar-refractivity contribution in [1.29, 1.82) is 0 Å². The van der Waals surface area contributed by atoms with E-state index < -0.39 is 0 Å². The lowest BCUT2D eigenvalue weighted by Gasteiger charge is -2.40. The van der Waals surface area contributed by atoms with E-state index in [1.807, 2.05) is 30.0 Å². The van der Waals surface area contributed by atoms with Crippen molar-refractivity contribution in [3.05, 3.63) is 36.0 Å². The maximum absolute atomic E-state index is 4.28. The van der Waals surface area contributed by atoms with Gasteiger partial charge in [-0.15, -0.1) is 0 Å². The zero-order chi connectivity index (χ0) is 13.8. The van der Waals surface area contributed by atoms with Crippen LogP contribution in [-0.2, 0) is 6.54 Å². The summed E-state index contributed by atoms with van der Waals surface area (Å²) in [4.78, 5) is 0. The molecule has 1 aliphatic rings. The minimum atomic E-state index is 0.455. The van der Waals surface area contributed by atoms with Crippen LogP contribution in [0.15, 0.2) is 30.3 Å². The summed E-state index contributed by atoms with van der Waals surface area (Å²) in [5, 5.41) is 14.8. The predicted octanol–water partition coefficient (Wildman–Crippen LogP) is 2.85. The molecule has 0 bridgehead atoms. The summed E-state index contributed by atoms with van der Waals surface area (Å²) >= 11 is 1.99. The molecule has 1 aliphatic carbocycles. The molecule has 2 aromatic rings. The third kappa shape index (κ3) is 2.74. The van der Waals surface area contributed by atoms with Crippen LogP contribution in [0, 0.1) is 0 Å². The molecular weight excluding hydrogens is 268 g/mol. The van der Waals surface area contributed by atoms with Gasteiger partial charge in [-0.1, -0.05) is 36.8 Å². The third-order valence-corrected chi connectivity index (χ3v) is 5.52. The Morgan fingerprint density at radius 1 is 1.25 bits per heavy atom. The van der Waals surface area contributed by atoms with Crippen molar-refractivity contribution in [2.45, 2.75) is 30.6 Å². The molecule has 4 nitrogen and oxygen atoms in total. The molecule has 1 aromatic heterocycles. The van der Waals surface area contributed by atoms with Crippen molar-refractivity contribution in [3.63, 3.8) is 0 Å². The summed E-state index contributed by atoms with van der Waals surface area (Å²) in [5.74, 6) is 0. The van der Waals surface area contributed by atoms with Crippen molar-refractivity contribution >= 4 is 11.8 Å². The molecule has 1 saturated carbocycles. The number of nitrogens with zero attached hydrogens (tertiary/aromatic N) is 2. The monoisotopic (exact) mass is 288 g/mol. The van der Waals surface area contributed by atoms with E-state index in [1.54, 1.807) is 0 Å². The highest BCUT2D eigenvalue weighted by atomic mass is 32.2. The van der Waals surface area contributed by atoms with Crippen LogP contribution in [0.3, 0.4) is 0 Å². The number of rotatable bonds is 6. The van der Waals surface area contributed by atoms with E-state index >= 15 is 0 Å². The van der Waals surface area contributed by atoms with Gasteiger partial charge in [-0.2, -0.15) is 27.2 Å². The normalized spacial score (nSPS) is 16.9. The summed E-state index contributed by atoms with van der Waals surface area (Å²) in [6.45, 7) is 1.82. The molecule has 0 radical (unpaired) electrons.